The van der Waals surface area contributed by atoms with Gasteiger partial charge in [0.2, 0.25) is 0 Å². The van der Waals surface area contributed by atoms with Gasteiger partial charge in [0.05, 0.1) is 17.7 Å². The first-order valence-electron chi connectivity index (χ1n) is 11.0. The molecule has 1 N–H and O–H groups in total. The second-order valence-electron chi connectivity index (χ2n) is 7.17. The summed E-state index contributed by atoms with van der Waals surface area (Å²) in [5.74, 6) is 0.833. The van der Waals surface area contributed by atoms with Crippen LogP contribution in [0.1, 0.15) is 56.1 Å². The van der Waals surface area contributed by atoms with Crippen molar-refractivity contribution in [3.63, 3.8) is 0 Å². The smallest absolute Gasteiger partial charge is 0.129 e. The van der Waals surface area contributed by atoms with Gasteiger partial charge in [0, 0.05) is 36.6 Å². The lowest BCUT2D eigenvalue weighted by Gasteiger charge is -2.13. The Morgan fingerprint density at radius 2 is 1.84 bits per heavy atom. The number of anilines is 1. The highest BCUT2D eigenvalue weighted by molar-refractivity contribution is 5.71. The molecule has 5 nitrogen and oxygen atoms in total. The summed E-state index contributed by atoms with van der Waals surface area (Å²) >= 11 is 0. The normalized spacial score (nSPS) is 10.7. The Labute approximate surface area is 195 Å². The molecule has 0 bridgehead atoms. The summed E-state index contributed by atoms with van der Waals surface area (Å²) in [6.45, 7) is 17.9. The van der Waals surface area contributed by atoms with Crippen LogP contribution in [0.25, 0.3) is 6.08 Å². The van der Waals surface area contributed by atoms with Gasteiger partial charge in [-0.15, -0.1) is 6.58 Å². The van der Waals surface area contributed by atoms with Crippen molar-refractivity contribution in [1.82, 2.24) is 9.78 Å². The first kappa shape index (κ1) is 28.7. The van der Waals surface area contributed by atoms with E-state index in [-0.39, 0.29) is 5.92 Å². The van der Waals surface area contributed by atoms with Crippen molar-refractivity contribution in [1.29, 1.82) is 5.26 Å². The standard InChI is InChI=1S/C16H21N3O.C6H12.C5H7N/c1-6-13-15(17-4)8-7-9-16(13)20-10-14-11(2)18-19(5)12(14)3;1-3-5-6-4-2;1-3-5(2)4-6/h6-9,17H,1,10H2,2-5H3;5-6H,3-4H2,1-2H3;3,5H,1H2,2H3/b;6-5-;. The predicted molar refractivity (Wildman–Crippen MR) is 138 cm³/mol. The van der Waals surface area contributed by atoms with E-state index >= 15 is 0 Å². The van der Waals surface area contributed by atoms with Gasteiger partial charge < -0.3 is 10.1 Å². The topological polar surface area (TPSA) is 62.9 Å². The Bertz CT molecular complexity index is 897. The summed E-state index contributed by atoms with van der Waals surface area (Å²) in [4.78, 5) is 0. The maximum atomic E-state index is 8.01. The Morgan fingerprint density at radius 1 is 1.22 bits per heavy atom. The summed E-state index contributed by atoms with van der Waals surface area (Å²) < 4.78 is 7.85. The maximum Gasteiger partial charge on any atom is 0.129 e. The van der Waals surface area contributed by atoms with Crippen LogP contribution in [-0.4, -0.2) is 16.8 Å². The third kappa shape index (κ3) is 9.70. The third-order valence-corrected chi connectivity index (χ3v) is 4.77. The highest BCUT2D eigenvalue weighted by Gasteiger charge is 2.11. The number of benzene rings is 1. The summed E-state index contributed by atoms with van der Waals surface area (Å²) in [6, 6.07) is 7.93. The number of nitriles is 1. The fourth-order valence-corrected chi connectivity index (χ4v) is 2.66. The molecule has 5 heteroatoms. The van der Waals surface area contributed by atoms with Gasteiger partial charge in [-0.05, 0) is 45.7 Å². The summed E-state index contributed by atoms with van der Waals surface area (Å²) in [5.41, 5.74) is 5.27. The van der Waals surface area contributed by atoms with Crippen LogP contribution in [0.5, 0.6) is 5.75 Å². The van der Waals surface area contributed by atoms with Gasteiger partial charge in [0.15, 0.2) is 0 Å². The van der Waals surface area contributed by atoms with Crippen molar-refractivity contribution in [2.24, 2.45) is 13.0 Å². The average Bonchev–Trinajstić information content (AvgIpc) is 3.06. The van der Waals surface area contributed by atoms with E-state index in [4.69, 9.17) is 10.00 Å². The van der Waals surface area contributed by atoms with E-state index in [2.05, 4.69) is 56.5 Å². The monoisotopic (exact) mass is 436 g/mol. The minimum Gasteiger partial charge on any atom is -0.488 e. The molecule has 0 radical (unpaired) electrons. The fraction of sp³-hybridized carbons (Fsp3) is 0.407. The van der Waals surface area contributed by atoms with Crippen molar-refractivity contribution >= 4 is 11.8 Å². The zero-order chi connectivity index (χ0) is 24.5. The van der Waals surface area contributed by atoms with E-state index in [0.29, 0.717) is 6.61 Å². The zero-order valence-electron chi connectivity index (χ0n) is 20.9. The minimum atomic E-state index is 0.00463. The lowest BCUT2D eigenvalue weighted by Crippen LogP contribution is -2.02. The molecule has 1 aromatic carbocycles. The van der Waals surface area contributed by atoms with Gasteiger partial charge >= 0.3 is 0 Å². The molecule has 1 unspecified atom stereocenters. The van der Waals surface area contributed by atoms with E-state index in [0.717, 1.165) is 34.0 Å². The second kappa shape index (κ2) is 16.4. The molecule has 0 aliphatic carbocycles. The number of rotatable bonds is 8. The molecule has 0 aliphatic rings. The van der Waals surface area contributed by atoms with Crippen molar-refractivity contribution < 1.29 is 4.74 Å². The number of aryl methyl sites for hydroxylation is 2. The van der Waals surface area contributed by atoms with Crippen LogP contribution >= 0.6 is 0 Å². The molecule has 0 spiro atoms. The van der Waals surface area contributed by atoms with E-state index in [9.17, 15) is 0 Å². The van der Waals surface area contributed by atoms with Gasteiger partial charge in [-0.3, -0.25) is 4.68 Å². The molecule has 0 fully saturated rings. The van der Waals surface area contributed by atoms with Crippen LogP contribution < -0.4 is 10.1 Å². The number of nitrogens with one attached hydrogen (secondary N) is 1. The Hall–Kier alpha value is -3.26. The van der Waals surface area contributed by atoms with Gasteiger partial charge in [0.25, 0.3) is 0 Å². The number of aromatic nitrogens is 2. The number of nitrogens with zero attached hydrogens (tertiary/aromatic N) is 3. The van der Waals surface area contributed by atoms with Crippen molar-refractivity contribution in [2.75, 3.05) is 12.4 Å². The largest absolute Gasteiger partial charge is 0.488 e. The molecule has 174 valence electrons. The lowest BCUT2D eigenvalue weighted by molar-refractivity contribution is 0.304. The summed E-state index contributed by atoms with van der Waals surface area (Å²) in [6.07, 6.45) is 10.1. The highest BCUT2D eigenvalue weighted by atomic mass is 16.5. The maximum absolute atomic E-state index is 8.01. The van der Waals surface area contributed by atoms with Crippen LogP contribution in [-0.2, 0) is 13.7 Å². The molecule has 0 amide bonds. The van der Waals surface area contributed by atoms with Gasteiger partial charge in [-0.1, -0.05) is 50.8 Å². The molecule has 1 aromatic heterocycles. The quantitative estimate of drug-likeness (QED) is 0.453. The molecule has 0 saturated carbocycles. The Balaban J connectivity index is 0.000000662. The highest BCUT2D eigenvalue weighted by Crippen LogP contribution is 2.28. The Morgan fingerprint density at radius 3 is 2.22 bits per heavy atom. The zero-order valence-corrected chi connectivity index (χ0v) is 20.9. The van der Waals surface area contributed by atoms with E-state index < -0.39 is 0 Å². The van der Waals surface area contributed by atoms with Crippen LogP contribution in [0.3, 0.4) is 0 Å². The van der Waals surface area contributed by atoms with Crippen LogP contribution in [0, 0.1) is 31.1 Å². The first-order chi connectivity index (χ1) is 15.3. The first-order valence-corrected chi connectivity index (χ1v) is 11.0. The minimum absolute atomic E-state index is 0.00463. The molecule has 32 heavy (non-hydrogen) atoms. The molecule has 0 saturated heterocycles. The summed E-state index contributed by atoms with van der Waals surface area (Å²) in [5, 5.41) is 15.6. The van der Waals surface area contributed by atoms with Crippen molar-refractivity contribution in [3.8, 4) is 11.8 Å². The van der Waals surface area contributed by atoms with Crippen molar-refractivity contribution in [3.05, 3.63) is 72.1 Å². The number of hydrogen-bond donors (Lipinski definition) is 1. The number of hydrogen-bond acceptors (Lipinski definition) is 4. The SMILES string of the molecule is C=CC(C)C#N.C=Cc1c(NC)cccc1OCc1c(C)nn(C)c1C.CC/C=C\CC. The third-order valence-electron chi connectivity index (χ3n) is 4.77. The fourth-order valence-electron chi connectivity index (χ4n) is 2.66. The molecule has 2 aromatic rings. The number of allylic oxidation sites excluding steroid dienone is 3. The van der Waals surface area contributed by atoms with Crippen molar-refractivity contribution in [2.45, 2.75) is 54.1 Å². The second-order valence-corrected chi connectivity index (χ2v) is 7.17. The van der Waals surface area contributed by atoms with Crippen LogP contribution in [0.2, 0.25) is 0 Å². The average molecular weight is 437 g/mol. The van der Waals surface area contributed by atoms with Crippen LogP contribution in [0.15, 0.2) is 49.6 Å². The van der Waals surface area contributed by atoms with Gasteiger partial charge in [0.1, 0.15) is 12.4 Å². The lowest BCUT2D eigenvalue weighted by atomic mass is 10.1. The molecule has 2 rings (SSSR count). The summed E-state index contributed by atoms with van der Waals surface area (Å²) in [7, 11) is 3.84. The molecular formula is C27H40N4O. The molecule has 1 heterocycles. The molecule has 0 aliphatic heterocycles. The molecular weight excluding hydrogens is 396 g/mol. The Kier molecular flexibility index (Phi) is 14.8. The molecule has 1 atom stereocenters. The predicted octanol–water partition coefficient (Wildman–Crippen LogP) is 7.00. The van der Waals surface area contributed by atoms with Gasteiger partial charge in [-0.2, -0.15) is 10.4 Å². The van der Waals surface area contributed by atoms with Crippen LogP contribution in [0.4, 0.5) is 5.69 Å². The van der Waals surface area contributed by atoms with E-state index in [1.165, 1.54) is 12.8 Å². The van der Waals surface area contributed by atoms with Gasteiger partial charge in [-0.25, -0.2) is 0 Å². The van der Waals surface area contributed by atoms with E-state index in [1.807, 2.05) is 56.0 Å². The number of ether oxygens (including phenoxy) is 1. The van der Waals surface area contributed by atoms with E-state index in [1.54, 1.807) is 13.0 Å².